The van der Waals surface area contributed by atoms with Crippen molar-refractivity contribution in [2.24, 2.45) is 0 Å². The summed E-state index contributed by atoms with van der Waals surface area (Å²) in [6.07, 6.45) is -7.67. The van der Waals surface area contributed by atoms with E-state index in [0.717, 1.165) is 12.0 Å². The van der Waals surface area contributed by atoms with E-state index in [1.165, 1.54) is 0 Å². The molecule has 0 aromatic heterocycles. The molecule has 0 radical (unpaired) electrons. The second-order valence-electron chi connectivity index (χ2n) is 4.84. The molecule has 0 spiro atoms. The van der Waals surface area contributed by atoms with Crippen molar-refractivity contribution < 1.29 is 34.7 Å². The van der Waals surface area contributed by atoms with Gasteiger partial charge in [0.1, 0.15) is 24.1 Å². The Morgan fingerprint density at radius 3 is 2.57 bits per heavy atom. The van der Waals surface area contributed by atoms with Gasteiger partial charge in [-0.15, -0.1) is 0 Å². The van der Waals surface area contributed by atoms with E-state index < -0.39 is 36.7 Å². The first-order valence-corrected chi connectivity index (χ1v) is 6.62. The number of carbonyl (C=O) groups excluding carboxylic acids is 1. The minimum atomic E-state index is -1.78. The lowest BCUT2D eigenvalue weighted by Gasteiger charge is -2.36. The van der Waals surface area contributed by atoms with Crippen LogP contribution >= 0.6 is 0 Å². The van der Waals surface area contributed by atoms with E-state index in [2.05, 4.69) is 0 Å². The smallest absolute Gasteiger partial charge is 0.343 e. The second kappa shape index (κ2) is 6.50. The fraction of sp³-hybridized carbons (Fsp3) is 0.500. The Morgan fingerprint density at radius 2 is 1.90 bits per heavy atom. The molecule has 0 amide bonds. The number of hydrogen-bond donors (Lipinski definition) is 4. The second-order valence-corrected chi connectivity index (χ2v) is 4.84. The molecule has 0 unspecified atom stereocenters. The number of benzene rings is 1. The fourth-order valence-electron chi connectivity index (χ4n) is 2.06. The predicted molar refractivity (Wildman–Crippen MR) is 70.4 cm³/mol. The quantitative estimate of drug-likeness (QED) is 0.416. The summed E-state index contributed by atoms with van der Waals surface area (Å²) in [5.41, 5.74) is 0.959. The summed E-state index contributed by atoms with van der Waals surface area (Å²) in [6, 6.07) is 6.81. The number of aliphatic hydroxyl groups is 4. The van der Waals surface area contributed by atoms with Crippen LogP contribution in [0.2, 0.25) is 0 Å². The first kappa shape index (κ1) is 15.9. The third-order valence-electron chi connectivity index (χ3n) is 3.35. The van der Waals surface area contributed by atoms with Gasteiger partial charge in [-0.1, -0.05) is 19.1 Å². The number of aryl methyl sites for hydroxylation is 1. The molecule has 21 heavy (non-hydrogen) atoms. The van der Waals surface area contributed by atoms with Gasteiger partial charge in [-0.25, -0.2) is 4.79 Å². The largest absolute Gasteiger partial charge is 0.425 e. The van der Waals surface area contributed by atoms with E-state index in [1.807, 2.05) is 13.0 Å². The van der Waals surface area contributed by atoms with Gasteiger partial charge in [-0.2, -0.15) is 0 Å². The number of hydrogen-bond acceptors (Lipinski definition) is 7. The van der Waals surface area contributed by atoms with E-state index in [0.29, 0.717) is 0 Å². The van der Waals surface area contributed by atoms with Crippen molar-refractivity contribution in [1.82, 2.24) is 0 Å². The van der Waals surface area contributed by atoms with Gasteiger partial charge in [-0.3, -0.25) is 0 Å². The van der Waals surface area contributed by atoms with Gasteiger partial charge in [0.2, 0.25) is 0 Å². The lowest BCUT2D eigenvalue weighted by molar-refractivity contribution is -0.279. The number of carbonyl (C=O) groups is 1. The van der Waals surface area contributed by atoms with Crippen LogP contribution in [0.15, 0.2) is 24.3 Å². The first-order chi connectivity index (χ1) is 9.93. The van der Waals surface area contributed by atoms with Crippen molar-refractivity contribution in [3.05, 3.63) is 29.8 Å². The number of aliphatic hydroxyl groups excluding tert-OH is 4. The molecule has 1 aromatic carbocycles. The maximum atomic E-state index is 12.0. The Balaban J connectivity index is 2.08. The molecule has 7 heteroatoms. The molecule has 2 rings (SSSR count). The molecule has 0 aliphatic carbocycles. The van der Waals surface area contributed by atoms with E-state index in [-0.39, 0.29) is 5.75 Å². The molecule has 1 fully saturated rings. The lowest BCUT2D eigenvalue weighted by Crippen LogP contribution is -2.60. The van der Waals surface area contributed by atoms with Crippen LogP contribution in [0.3, 0.4) is 0 Å². The van der Waals surface area contributed by atoms with E-state index in [9.17, 15) is 25.2 Å². The molecule has 1 heterocycles. The third-order valence-corrected chi connectivity index (χ3v) is 3.35. The summed E-state index contributed by atoms with van der Waals surface area (Å²) >= 11 is 0. The summed E-state index contributed by atoms with van der Waals surface area (Å²) in [7, 11) is 0. The average molecular weight is 298 g/mol. The Morgan fingerprint density at radius 1 is 1.19 bits per heavy atom. The zero-order valence-corrected chi connectivity index (χ0v) is 11.4. The highest BCUT2D eigenvalue weighted by Gasteiger charge is 2.47. The average Bonchev–Trinajstić information content (AvgIpc) is 2.48. The minimum absolute atomic E-state index is 0.269. The van der Waals surface area contributed by atoms with Crippen molar-refractivity contribution in [2.75, 3.05) is 0 Å². The molecule has 4 N–H and O–H groups in total. The first-order valence-electron chi connectivity index (χ1n) is 6.62. The molecule has 1 aromatic rings. The summed E-state index contributed by atoms with van der Waals surface area (Å²) < 4.78 is 9.86. The van der Waals surface area contributed by atoms with Crippen LogP contribution in [-0.4, -0.2) is 57.1 Å². The highest BCUT2D eigenvalue weighted by atomic mass is 16.7. The Bertz CT molecular complexity index is 504. The monoisotopic (exact) mass is 298 g/mol. The van der Waals surface area contributed by atoms with Crippen LogP contribution in [0.25, 0.3) is 0 Å². The summed E-state index contributed by atoms with van der Waals surface area (Å²) in [5.74, 6) is -0.689. The molecule has 1 saturated heterocycles. The van der Waals surface area contributed by atoms with Crippen molar-refractivity contribution >= 4 is 5.97 Å². The zero-order valence-electron chi connectivity index (χ0n) is 11.4. The van der Waals surface area contributed by atoms with Gasteiger partial charge >= 0.3 is 5.97 Å². The number of esters is 1. The molecule has 5 atom stereocenters. The molecule has 116 valence electrons. The van der Waals surface area contributed by atoms with Gasteiger partial charge in [0.15, 0.2) is 12.4 Å². The lowest BCUT2D eigenvalue weighted by atomic mass is 9.99. The third kappa shape index (κ3) is 3.39. The SMILES string of the molecule is CCc1cccc(OC(=O)[C@H]2O[C@@H](O)[C@H](O)[C@@H](O)[C@@H]2O)c1. The van der Waals surface area contributed by atoms with Crippen LogP contribution in [-0.2, 0) is 16.0 Å². The molecule has 1 aliphatic rings. The highest BCUT2D eigenvalue weighted by molar-refractivity contribution is 5.78. The molecular formula is C14H18O7. The molecule has 0 saturated carbocycles. The Kier molecular flexibility index (Phi) is 4.92. The minimum Gasteiger partial charge on any atom is -0.425 e. The van der Waals surface area contributed by atoms with Gasteiger partial charge in [-0.05, 0) is 24.1 Å². The molecular weight excluding hydrogens is 280 g/mol. The van der Waals surface area contributed by atoms with Crippen LogP contribution in [0.5, 0.6) is 5.75 Å². The number of rotatable bonds is 3. The van der Waals surface area contributed by atoms with Gasteiger partial charge in [0, 0.05) is 0 Å². The van der Waals surface area contributed by atoms with Crippen molar-refractivity contribution in [1.29, 1.82) is 0 Å². The van der Waals surface area contributed by atoms with Crippen molar-refractivity contribution in [2.45, 2.75) is 44.1 Å². The van der Waals surface area contributed by atoms with Gasteiger partial charge in [0.25, 0.3) is 0 Å². The van der Waals surface area contributed by atoms with E-state index in [4.69, 9.17) is 9.47 Å². The summed E-state index contributed by atoms with van der Waals surface area (Å²) in [6.45, 7) is 1.95. The van der Waals surface area contributed by atoms with Crippen LogP contribution in [0.1, 0.15) is 12.5 Å². The molecule has 0 bridgehead atoms. The van der Waals surface area contributed by atoms with Crippen molar-refractivity contribution in [3.63, 3.8) is 0 Å². The number of ether oxygens (including phenoxy) is 2. The van der Waals surface area contributed by atoms with E-state index in [1.54, 1.807) is 18.2 Å². The normalized spacial score (nSPS) is 32.7. The predicted octanol–water partition coefficient (Wildman–Crippen LogP) is -1.05. The topological polar surface area (TPSA) is 116 Å². The molecule has 7 nitrogen and oxygen atoms in total. The highest BCUT2D eigenvalue weighted by Crippen LogP contribution is 2.22. The van der Waals surface area contributed by atoms with Crippen LogP contribution < -0.4 is 4.74 Å². The maximum Gasteiger partial charge on any atom is 0.343 e. The Labute approximate surface area is 121 Å². The van der Waals surface area contributed by atoms with Crippen LogP contribution in [0, 0.1) is 0 Å². The summed E-state index contributed by atoms with van der Waals surface area (Å²) in [5, 5.41) is 38.0. The van der Waals surface area contributed by atoms with Crippen molar-refractivity contribution in [3.8, 4) is 5.75 Å². The zero-order chi connectivity index (χ0) is 15.6. The maximum absolute atomic E-state index is 12.0. The summed E-state index contributed by atoms with van der Waals surface area (Å²) in [4.78, 5) is 12.0. The Hall–Kier alpha value is -1.51. The molecule has 1 aliphatic heterocycles. The fourth-order valence-corrected chi connectivity index (χ4v) is 2.06. The van der Waals surface area contributed by atoms with E-state index >= 15 is 0 Å². The van der Waals surface area contributed by atoms with Crippen LogP contribution in [0.4, 0.5) is 0 Å². The van der Waals surface area contributed by atoms with Gasteiger partial charge < -0.3 is 29.9 Å². The van der Waals surface area contributed by atoms with Gasteiger partial charge in [0.05, 0.1) is 0 Å². The standard InChI is InChI=1S/C14H18O7/c1-2-7-4-3-5-8(6-7)20-14(19)12-10(16)9(15)11(17)13(18)21-12/h3-6,9-13,15-18H,2H2,1H3/t9-,10-,11+,12-,13+/m0/s1.